The number of unbranched alkanes of at least 4 members (excludes halogenated alkanes) is 1. The first-order chi connectivity index (χ1) is 10.2. The van der Waals surface area contributed by atoms with Gasteiger partial charge in [0.2, 0.25) is 0 Å². The van der Waals surface area contributed by atoms with Crippen LogP contribution < -0.4 is 10.6 Å². The molecule has 0 heterocycles. The number of hydrogen-bond donors (Lipinski definition) is 2. The number of methoxy groups -OCH3 is 1. The van der Waals surface area contributed by atoms with Crippen LogP contribution in [0, 0.1) is 0 Å². The van der Waals surface area contributed by atoms with Gasteiger partial charge in [-0.3, -0.25) is 9.79 Å². The number of ether oxygens (including phenoxy) is 1. The summed E-state index contributed by atoms with van der Waals surface area (Å²) in [6.07, 6.45) is 2.14. The maximum Gasteiger partial charge on any atom is 0.305 e. The molecule has 2 N–H and O–H groups in total. The van der Waals surface area contributed by atoms with Crippen molar-refractivity contribution in [3.63, 3.8) is 0 Å². The summed E-state index contributed by atoms with van der Waals surface area (Å²) in [6.45, 7) is 1.44. The molecule has 0 fully saturated rings. The molecular weight excluding hydrogens is 417 g/mol. The second kappa shape index (κ2) is 12.5. The Kier molecular flexibility index (Phi) is 11.9. The normalized spacial score (nSPS) is 10.6. The van der Waals surface area contributed by atoms with E-state index in [1.807, 2.05) is 24.3 Å². The molecule has 1 aromatic rings. The lowest BCUT2D eigenvalue weighted by Gasteiger charge is -2.11. The molecular formula is C15H23ClIN3O2. The van der Waals surface area contributed by atoms with Gasteiger partial charge in [-0.2, -0.15) is 0 Å². The predicted molar refractivity (Wildman–Crippen MR) is 101 cm³/mol. The van der Waals surface area contributed by atoms with Crippen molar-refractivity contribution in [1.29, 1.82) is 0 Å². The second-order valence-electron chi connectivity index (χ2n) is 4.51. The van der Waals surface area contributed by atoms with Crippen LogP contribution in [-0.4, -0.2) is 32.6 Å². The lowest BCUT2D eigenvalue weighted by Crippen LogP contribution is -2.37. The Morgan fingerprint density at radius 1 is 1.23 bits per heavy atom. The molecule has 0 spiro atoms. The van der Waals surface area contributed by atoms with Gasteiger partial charge >= 0.3 is 5.97 Å². The number of guanidine groups is 1. The van der Waals surface area contributed by atoms with E-state index >= 15 is 0 Å². The molecule has 7 heteroatoms. The van der Waals surface area contributed by atoms with E-state index in [0.717, 1.165) is 35.9 Å². The topological polar surface area (TPSA) is 62.7 Å². The summed E-state index contributed by atoms with van der Waals surface area (Å²) >= 11 is 5.84. The van der Waals surface area contributed by atoms with Gasteiger partial charge < -0.3 is 15.4 Å². The Labute approximate surface area is 153 Å². The number of hydrogen-bond acceptors (Lipinski definition) is 3. The molecule has 0 aliphatic rings. The Morgan fingerprint density at radius 2 is 1.91 bits per heavy atom. The third kappa shape index (κ3) is 9.09. The predicted octanol–water partition coefficient (Wildman–Crippen LogP) is 2.97. The Hall–Kier alpha value is -1.02. The van der Waals surface area contributed by atoms with Crippen LogP contribution in [0.3, 0.4) is 0 Å². The lowest BCUT2D eigenvalue weighted by molar-refractivity contribution is -0.140. The van der Waals surface area contributed by atoms with E-state index in [1.54, 1.807) is 7.05 Å². The minimum Gasteiger partial charge on any atom is -0.469 e. The highest BCUT2D eigenvalue weighted by Gasteiger charge is 2.01. The zero-order chi connectivity index (χ0) is 15.5. The molecule has 0 bridgehead atoms. The van der Waals surface area contributed by atoms with E-state index in [4.69, 9.17) is 11.6 Å². The lowest BCUT2D eigenvalue weighted by atomic mass is 10.2. The van der Waals surface area contributed by atoms with Crippen LogP contribution in [0.5, 0.6) is 0 Å². The molecule has 0 atom stereocenters. The number of carbonyl (C=O) groups is 1. The van der Waals surface area contributed by atoms with Gasteiger partial charge in [-0.15, -0.1) is 24.0 Å². The van der Waals surface area contributed by atoms with Crippen LogP contribution in [0.4, 0.5) is 0 Å². The van der Waals surface area contributed by atoms with Crippen LogP contribution in [-0.2, 0) is 16.1 Å². The summed E-state index contributed by atoms with van der Waals surface area (Å²) in [5.74, 6) is 0.572. The molecule has 0 aromatic heterocycles. The van der Waals surface area contributed by atoms with Gasteiger partial charge in [-0.25, -0.2) is 0 Å². The number of rotatable bonds is 7. The summed E-state index contributed by atoms with van der Waals surface area (Å²) in [4.78, 5) is 15.1. The summed E-state index contributed by atoms with van der Waals surface area (Å²) < 4.78 is 4.59. The van der Waals surface area contributed by atoms with E-state index in [2.05, 4.69) is 20.4 Å². The van der Waals surface area contributed by atoms with Gasteiger partial charge in [-0.05, 0) is 30.5 Å². The molecule has 1 aromatic carbocycles. The minimum atomic E-state index is -0.166. The number of carbonyl (C=O) groups excluding carboxylic acids is 1. The SMILES string of the molecule is CN=C(NCCCCC(=O)OC)NCc1ccc(Cl)cc1.I. The van der Waals surface area contributed by atoms with Crippen molar-refractivity contribution >= 4 is 47.5 Å². The molecule has 0 aliphatic heterocycles. The van der Waals surface area contributed by atoms with Crippen LogP contribution in [0.15, 0.2) is 29.3 Å². The first kappa shape index (κ1) is 21.0. The first-order valence-corrected chi connectivity index (χ1v) is 7.29. The second-order valence-corrected chi connectivity index (χ2v) is 4.95. The summed E-state index contributed by atoms with van der Waals surface area (Å²) in [5, 5.41) is 7.15. The van der Waals surface area contributed by atoms with Crippen molar-refractivity contribution in [3.8, 4) is 0 Å². The molecule has 22 heavy (non-hydrogen) atoms. The highest BCUT2D eigenvalue weighted by atomic mass is 127. The van der Waals surface area contributed by atoms with Gasteiger partial charge in [-0.1, -0.05) is 23.7 Å². The van der Waals surface area contributed by atoms with Crippen molar-refractivity contribution in [2.24, 2.45) is 4.99 Å². The number of benzene rings is 1. The highest BCUT2D eigenvalue weighted by Crippen LogP contribution is 2.08. The van der Waals surface area contributed by atoms with E-state index in [-0.39, 0.29) is 29.9 Å². The van der Waals surface area contributed by atoms with Gasteiger partial charge in [0.1, 0.15) is 0 Å². The smallest absolute Gasteiger partial charge is 0.305 e. The van der Waals surface area contributed by atoms with E-state index in [9.17, 15) is 4.79 Å². The zero-order valence-electron chi connectivity index (χ0n) is 12.9. The fourth-order valence-corrected chi connectivity index (χ4v) is 1.84. The van der Waals surface area contributed by atoms with Crippen LogP contribution in [0.1, 0.15) is 24.8 Å². The zero-order valence-corrected chi connectivity index (χ0v) is 16.0. The van der Waals surface area contributed by atoms with Crippen molar-refractivity contribution < 1.29 is 9.53 Å². The number of nitrogens with zero attached hydrogens (tertiary/aromatic N) is 1. The molecule has 0 amide bonds. The third-order valence-corrected chi connectivity index (χ3v) is 3.18. The van der Waals surface area contributed by atoms with E-state index in [0.29, 0.717) is 13.0 Å². The Morgan fingerprint density at radius 3 is 2.50 bits per heavy atom. The summed E-state index contributed by atoms with van der Waals surface area (Å²) in [6, 6.07) is 7.67. The Bertz CT molecular complexity index is 466. The van der Waals surface area contributed by atoms with Crippen molar-refractivity contribution in [2.75, 3.05) is 20.7 Å². The maximum absolute atomic E-state index is 11.0. The minimum absolute atomic E-state index is 0. The first-order valence-electron chi connectivity index (χ1n) is 6.91. The van der Waals surface area contributed by atoms with E-state index in [1.165, 1.54) is 7.11 Å². The molecule has 0 aliphatic carbocycles. The molecule has 0 unspecified atom stereocenters. The number of esters is 1. The fraction of sp³-hybridized carbons (Fsp3) is 0.467. The summed E-state index contributed by atoms with van der Waals surface area (Å²) in [5.41, 5.74) is 1.13. The van der Waals surface area contributed by atoms with Gasteiger partial charge in [0.25, 0.3) is 0 Å². The van der Waals surface area contributed by atoms with E-state index < -0.39 is 0 Å². The molecule has 124 valence electrons. The van der Waals surface area contributed by atoms with Gasteiger partial charge in [0.05, 0.1) is 7.11 Å². The largest absolute Gasteiger partial charge is 0.469 e. The number of nitrogens with one attached hydrogen (secondary N) is 2. The van der Waals surface area contributed by atoms with Gasteiger partial charge in [0, 0.05) is 31.6 Å². The summed E-state index contributed by atoms with van der Waals surface area (Å²) in [7, 11) is 3.13. The molecule has 1 rings (SSSR count). The Balaban J connectivity index is 0.00000441. The standard InChI is InChI=1S/C15H22ClN3O2.HI/c1-17-15(18-10-4-3-5-14(20)21-2)19-11-12-6-8-13(16)9-7-12;/h6-9H,3-5,10-11H2,1-2H3,(H2,17,18,19);1H. The van der Waals surface area contributed by atoms with Crippen LogP contribution >= 0.6 is 35.6 Å². The van der Waals surface area contributed by atoms with Gasteiger partial charge in [0.15, 0.2) is 5.96 Å². The van der Waals surface area contributed by atoms with Crippen LogP contribution in [0.25, 0.3) is 0 Å². The quantitative estimate of drug-likeness (QED) is 0.225. The fourth-order valence-electron chi connectivity index (χ4n) is 1.71. The maximum atomic E-state index is 11.0. The highest BCUT2D eigenvalue weighted by molar-refractivity contribution is 14.0. The number of aliphatic imine (C=N–C) groups is 1. The molecule has 0 saturated heterocycles. The molecule has 5 nitrogen and oxygen atoms in total. The molecule has 0 saturated carbocycles. The van der Waals surface area contributed by atoms with Crippen molar-refractivity contribution in [1.82, 2.24) is 10.6 Å². The third-order valence-electron chi connectivity index (χ3n) is 2.92. The van der Waals surface area contributed by atoms with Crippen molar-refractivity contribution in [2.45, 2.75) is 25.8 Å². The average molecular weight is 440 g/mol. The average Bonchev–Trinajstić information content (AvgIpc) is 2.51. The monoisotopic (exact) mass is 439 g/mol. The molecule has 0 radical (unpaired) electrons. The van der Waals surface area contributed by atoms with Crippen LogP contribution in [0.2, 0.25) is 5.02 Å². The van der Waals surface area contributed by atoms with Crippen molar-refractivity contribution in [3.05, 3.63) is 34.9 Å². The number of halogens is 2.